The number of anilines is 1. The van der Waals surface area contributed by atoms with Gasteiger partial charge in [-0.05, 0) is 41.8 Å². The van der Waals surface area contributed by atoms with Crippen molar-refractivity contribution in [3.05, 3.63) is 125 Å². The molecular weight excluding hydrogens is 430 g/mol. The van der Waals surface area contributed by atoms with Gasteiger partial charge in [0, 0.05) is 35.4 Å². The minimum absolute atomic E-state index is 0.0483. The first kappa shape index (κ1) is 21.5. The lowest BCUT2D eigenvalue weighted by Gasteiger charge is -2.41. The Morgan fingerprint density at radius 2 is 1.40 bits per heavy atom. The summed E-state index contributed by atoms with van der Waals surface area (Å²) in [4.78, 5) is 29.5. The highest BCUT2D eigenvalue weighted by Gasteiger charge is 2.42. The molecule has 2 aliphatic rings. The number of carbonyl (C=O) groups is 2. The molecule has 0 N–H and O–H groups in total. The normalized spacial score (nSPS) is 20.3. The number of amides is 1. The van der Waals surface area contributed by atoms with E-state index in [9.17, 15) is 9.59 Å². The summed E-state index contributed by atoms with van der Waals surface area (Å²) in [6.45, 7) is 2.05. The smallest absolute Gasteiger partial charge is 0.232 e. The maximum atomic E-state index is 13.9. The lowest BCUT2D eigenvalue weighted by molar-refractivity contribution is -0.120. The first-order valence-electron chi connectivity index (χ1n) is 12.3. The number of rotatable bonds is 3. The maximum absolute atomic E-state index is 13.9. The van der Waals surface area contributed by atoms with Crippen molar-refractivity contribution in [2.24, 2.45) is 0 Å². The molecule has 2 atom stereocenters. The Kier molecular flexibility index (Phi) is 5.33. The number of nitrogens with zero attached hydrogens (tertiary/aromatic N) is 1. The lowest BCUT2D eigenvalue weighted by Crippen LogP contribution is -2.42. The van der Waals surface area contributed by atoms with E-state index in [2.05, 4.69) is 61.5 Å². The van der Waals surface area contributed by atoms with Crippen molar-refractivity contribution in [2.75, 3.05) is 4.90 Å². The van der Waals surface area contributed by atoms with Crippen molar-refractivity contribution in [1.82, 2.24) is 0 Å². The van der Waals surface area contributed by atoms with Gasteiger partial charge in [0.05, 0.1) is 5.69 Å². The van der Waals surface area contributed by atoms with Gasteiger partial charge in [-0.1, -0.05) is 96.6 Å². The number of benzene rings is 4. The highest BCUT2D eigenvalue weighted by molar-refractivity contribution is 6.11. The highest BCUT2D eigenvalue weighted by Crippen LogP contribution is 2.47. The van der Waals surface area contributed by atoms with Crippen LogP contribution in [0.5, 0.6) is 0 Å². The molecule has 6 rings (SSSR count). The summed E-state index contributed by atoms with van der Waals surface area (Å²) in [7, 11) is 0. The molecule has 0 radical (unpaired) electrons. The van der Waals surface area contributed by atoms with Gasteiger partial charge in [-0.3, -0.25) is 14.5 Å². The van der Waals surface area contributed by atoms with Crippen LogP contribution < -0.4 is 4.90 Å². The zero-order chi connectivity index (χ0) is 23.9. The standard InChI is InChI=1S/C32H27NO2/c1-21-14-16-24(17-15-21)27-20-31(35)33(28-13-7-11-23-10-5-6-12-26(23)28)29-18-25(19-30(34)32(27)29)22-8-3-2-4-9-22/h2-17,25,27H,18-20H2,1H3. The van der Waals surface area contributed by atoms with Crippen molar-refractivity contribution in [3.8, 4) is 0 Å². The third-order valence-corrected chi connectivity index (χ3v) is 7.49. The Hall–Kier alpha value is -3.98. The SMILES string of the molecule is Cc1ccc(C2CC(=O)N(c3cccc4ccccc34)C3=C2C(=O)CC(c2ccccc2)C3)cc1. The molecule has 0 saturated heterocycles. The largest absolute Gasteiger partial charge is 0.294 e. The van der Waals surface area contributed by atoms with Crippen LogP contribution in [-0.2, 0) is 9.59 Å². The third kappa shape index (κ3) is 3.77. The molecule has 3 nitrogen and oxygen atoms in total. The number of Topliss-reactive ketones (excluding diaryl/α,β-unsaturated/α-hetero) is 1. The van der Waals surface area contributed by atoms with Crippen LogP contribution in [0.25, 0.3) is 10.8 Å². The summed E-state index contributed by atoms with van der Waals surface area (Å²) in [5, 5.41) is 2.11. The van der Waals surface area contributed by atoms with E-state index >= 15 is 0 Å². The fourth-order valence-electron chi connectivity index (χ4n) is 5.76. The van der Waals surface area contributed by atoms with Crippen molar-refractivity contribution >= 4 is 28.2 Å². The molecule has 4 aromatic carbocycles. The van der Waals surface area contributed by atoms with Gasteiger partial charge in [0.15, 0.2) is 5.78 Å². The van der Waals surface area contributed by atoms with Gasteiger partial charge in [0.1, 0.15) is 0 Å². The molecule has 172 valence electrons. The number of carbonyl (C=O) groups excluding carboxylic acids is 2. The van der Waals surface area contributed by atoms with Gasteiger partial charge in [-0.2, -0.15) is 0 Å². The first-order valence-corrected chi connectivity index (χ1v) is 12.3. The summed E-state index contributed by atoms with van der Waals surface area (Å²) in [6.07, 6.45) is 1.44. The van der Waals surface area contributed by atoms with Crippen LogP contribution in [-0.4, -0.2) is 11.7 Å². The van der Waals surface area contributed by atoms with Crippen LogP contribution in [0.1, 0.15) is 47.8 Å². The van der Waals surface area contributed by atoms with E-state index in [1.54, 1.807) is 0 Å². The van der Waals surface area contributed by atoms with Gasteiger partial charge in [-0.25, -0.2) is 0 Å². The van der Waals surface area contributed by atoms with E-state index in [0.29, 0.717) is 19.3 Å². The van der Waals surface area contributed by atoms with Crippen molar-refractivity contribution in [2.45, 2.75) is 38.0 Å². The molecule has 1 aliphatic heterocycles. The summed E-state index contributed by atoms with van der Waals surface area (Å²) < 4.78 is 0. The molecule has 35 heavy (non-hydrogen) atoms. The average Bonchev–Trinajstić information content (AvgIpc) is 2.89. The van der Waals surface area contributed by atoms with Gasteiger partial charge in [0.25, 0.3) is 0 Å². The topological polar surface area (TPSA) is 37.4 Å². The third-order valence-electron chi connectivity index (χ3n) is 7.49. The van der Waals surface area contributed by atoms with Crippen LogP contribution in [0.3, 0.4) is 0 Å². The van der Waals surface area contributed by atoms with E-state index in [4.69, 9.17) is 0 Å². The van der Waals surface area contributed by atoms with Crippen LogP contribution in [0.4, 0.5) is 5.69 Å². The Labute approximate surface area is 205 Å². The van der Waals surface area contributed by atoms with E-state index in [0.717, 1.165) is 38.9 Å². The molecule has 4 aromatic rings. The monoisotopic (exact) mass is 457 g/mol. The number of aryl methyl sites for hydroxylation is 1. The van der Waals surface area contributed by atoms with Crippen molar-refractivity contribution in [1.29, 1.82) is 0 Å². The minimum atomic E-state index is -0.200. The van der Waals surface area contributed by atoms with Crippen LogP contribution in [0.2, 0.25) is 0 Å². The van der Waals surface area contributed by atoms with Crippen LogP contribution in [0.15, 0.2) is 108 Å². The summed E-state index contributed by atoms with van der Waals surface area (Å²) in [5.41, 5.74) is 5.91. The van der Waals surface area contributed by atoms with Gasteiger partial charge in [0.2, 0.25) is 5.91 Å². The van der Waals surface area contributed by atoms with Crippen LogP contribution >= 0.6 is 0 Å². The number of ketones is 1. The molecule has 0 spiro atoms. The minimum Gasteiger partial charge on any atom is -0.294 e. The quantitative estimate of drug-likeness (QED) is 0.330. The van der Waals surface area contributed by atoms with Gasteiger partial charge >= 0.3 is 0 Å². The molecule has 0 bridgehead atoms. The fraction of sp³-hybridized carbons (Fsp3) is 0.188. The lowest BCUT2D eigenvalue weighted by atomic mass is 9.72. The van der Waals surface area contributed by atoms with E-state index in [1.165, 1.54) is 5.56 Å². The maximum Gasteiger partial charge on any atom is 0.232 e. The average molecular weight is 458 g/mol. The first-order chi connectivity index (χ1) is 17.1. The molecule has 1 heterocycles. The summed E-state index contributed by atoms with van der Waals surface area (Å²) in [5.74, 6) is 0.0636. The predicted molar refractivity (Wildman–Crippen MR) is 140 cm³/mol. The highest BCUT2D eigenvalue weighted by atomic mass is 16.2. The van der Waals surface area contributed by atoms with Gasteiger partial charge < -0.3 is 0 Å². The molecule has 1 aliphatic carbocycles. The number of allylic oxidation sites excluding steroid dienone is 2. The van der Waals surface area contributed by atoms with E-state index in [-0.39, 0.29) is 23.5 Å². The van der Waals surface area contributed by atoms with Crippen molar-refractivity contribution in [3.63, 3.8) is 0 Å². The molecule has 0 saturated carbocycles. The molecule has 3 heteroatoms. The Balaban J connectivity index is 1.55. The van der Waals surface area contributed by atoms with Crippen molar-refractivity contribution < 1.29 is 9.59 Å². The summed E-state index contributed by atoms with van der Waals surface area (Å²) >= 11 is 0. The van der Waals surface area contributed by atoms with E-state index < -0.39 is 0 Å². The number of hydrogen-bond acceptors (Lipinski definition) is 2. The molecule has 1 amide bonds. The van der Waals surface area contributed by atoms with Crippen LogP contribution in [0, 0.1) is 6.92 Å². The molecule has 0 fully saturated rings. The zero-order valence-corrected chi connectivity index (χ0v) is 19.8. The Bertz CT molecular complexity index is 1460. The Morgan fingerprint density at radius 3 is 2.20 bits per heavy atom. The molecule has 0 aromatic heterocycles. The van der Waals surface area contributed by atoms with Gasteiger partial charge in [-0.15, -0.1) is 0 Å². The number of fused-ring (bicyclic) bond motifs is 1. The second kappa shape index (κ2) is 8.66. The zero-order valence-electron chi connectivity index (χ0n) is 19.8. The molecule has 2 unspecified atom stereocenters. The second-order valence-electron chi connectivity index (χ2n) is 9.69. The van der Waals surface area contributed by atoms with E-state index in [1.807, 2.05) is 47.4 Å². The Morgan fingerprint density at radius 1 is 0.686 bits per heavy atom. The molecular formula is C32H27NO2. The predicted octanol–water partition coefficient (Wildman–Crippen LogP) is 7.07. The summed E-state index contributed by atoms with van der Waals surface area (Å²) in [6, 6.07) is 32.7. The second-order valence-corrected chi connectivity index (χ2v) is 9.69. The number of hydrogen-bond donors (Lipinski definition) is 0. The fourth-order valence-corrected chi connectivity index (χ4v) is 5.76.